The SMILES string of the molecule is CN(O)C(=O)CCc1nc(-c2ccccc2)c(-c2ccc(S(N)(=O)=O)cc2)o1. The number of sulfonamides is 1. The summed E-state index contributed by atoms with van der Waals surface area (Å²) in [5.41, 5.74) is 2.01. The summed E-state index contributed by atoms with van der Waals surface area (Å²) in [6, 6.07) is 15.3. The van der Waals surface area contributed by atoms with Crippen molar-refractivity contribution >= 4 is 15.9 Å². The summed E-state index contributed by atoms with van der Waals surface area (Å²) >= 11 is 0. The van der Waals surface area contributed by atoms with Gasteiger partial charge in [0.25, 0.3) is 0 Å². The van der Waals surface area contributed by atoms with E-state index in [0.717, 1.165) is 5.56 Å². The lowest BCUT2D eigenvalue weighted by atomic mass is 10.1. The number of benzene rings is 2. The van der Waals surface area contributed by atoms with Crippen molar-refractivity contribution in [3.05, 3.63) is 60.5 Å². The van der Waals surface area contributed by atoms with E-state index in [9.17, 15) is 18.4 Å². The summed E-state index contributed by atoms with van der Waals surface area (Å²) in [6.45, 7) is 0. The van der Waals surface area contributed by atoms with Crippen molar-refractivity contribution in [2.45, 2.75) is 17.7 Å². The van der Waals surface area contributed by atoms with Crippen molar-refractivity contribution < 1.29 is 22.8 Å². The Morgan fingerprint density at radius 3 is 2.32 bits per heavy atom. The van der Waals surface area contributed by atoms with Gasteiger partial charge in [-0.25, -0.2) is 23.6 Å². The van der Waals surface area contributed by atoms with Crippen LogP contribution in [0.1, 0.15) is 12.3 Å². The molecule has 3 aromatic rings. The lowest BCUT2D eigenvalue weighted by Crippen LogP contribution is -2.22. The molecule has 9 heteroatoms. The Kier molecular flexibility index (Phi) is 5.59. The average molecular weight is 401 g/mol. The maximum atomic E-state index is 11.6. The van der Waals surface area contributed by atoms with Gasteiger partial charge in [-0.15, -0.1) is 0 Å². The number of aryl methyl sites for hydroxylation is 1. The standard InChI is InChI=1S/C19H19N3O5S/c1-22(24)17(23)12-11-16-21-18(13-5-3-2-4-6-13)19(27-16)14-7-9-15(10-8-14)28(20,25)26/h2-10,24H,11-12H2,1H3,(H2,20,25,26). The van der Waals surface area contributed by atoms with Gasteiger partial charge in [0.1, 0.15) is 5.69 Å². The number of hydroxylamine groups is 2. The van der Waals surface area contributed by atoms with Gasteiger partial charge in [-0.05, 0) is 24.3 Å². The maximum Gasteiger partial charge on any atom is 0.246 e. The van der Waals surface area contributed by atoms with E-state index in [0.29, 0.717) is 28.0 Å². The average Bonchev–Trinajstić information content (AvgIpc) is 3.10. The van der Waals surface area contributed by atoms with Gasteiger partial charge in [0.05, 0.1) is 4.90 Å². The number of nitrogens with two attached hydrogens (primary N) is 1. The molecule has 0 aliphatic rings. The van der Waals surface area contributed by atoms with E-state index in [2.05, 4.69) is 4.98 Å². The number of nitrogens with zero attached hydrogens (tertiary/aromatic N) is 2. The number of amides is 1. The van der Waals surface area contributed by atoms with Crippen LogP contribution in [0, 0.1) is 0 Å². The van der Waals surface area contributed by atoms with Crippen LogP contribution in [0.5, 0.6) is 0 Å². The number of aromatic nitrogens is 1. The van der Waals surface area contributed by atoms with Crippen molar-refractivity contribution in [1.29, 1.82) is 0 Å². The number of rotatable bonds is 6. The predicted molar refractivity (Wildman–Crippen MR) is 102 cm³/mol. The fraction of sp³-hybridized carbons (Fsp3) is 0.158. The first-order chi connectivity index (χ1) is 13.3. The Labute approximate surface area is 162 Å². The van der Waals surface area contributed by atoms with E-state index in [1.165, 1.54) is 19.2 Å². The minimum atomic E-state index is -3.80. The molecule has 0 aliphatic carbocycles. The number of hydrogen-bond donors (Lipinski definition) is 2. The Morgan fingerprint density at radius 2 is 1.75 bits per heavy atom. The van der Waals surface area contributed by atoms with E-state index in [-0.39, 0.29) is 17.7 Å². The third-order valence-electron chi connectivity index (χ3n) is 4.08. The van der Waals surface area contributed by atoms with Crippen LogP contribution in [0.4, 0.5) is 0 Å². The van der Waals surface area contributed by atoms with Crippen LogP contribution in [0.3, 0.4) is 0 Å². The zero-order chi connectivity index (χ0) is 20.3. The molecule has 1 heterocycles. The van der Waals surface area contributed by atoms with E-state index in [1.54, 1.807) is 12.1 Å². The normalized spacial score (nSPS) is 11.4. The molecule has 1 aromatic heterocycles. The summed E-state index contributed by atoms with van der Waals surface area (Å²) in [7, 11) is -2.54. The van der Waals surface area contributed by atoms with Crippen molar-refractivity contribution in [1.82, 2.24) is 10.0 Å². The molecule has 28 heavy (non-hydrogen) atoms. The van der Waals surface area contributed by atoms with Crippen molar-refractivity contribution in [3.63, 3.8) is 0 Å². The highest BCUT2D eigenvalue weighted by atomic mass is 32.2. The van der Waals surface area contributed by atoms with Gasteiger partial charge in [0, 0.05) is 31.0 Å². The molecule has 0 aliphatic heterocycles. The first kappa shape index (κ1) is 19.7. The number of carbonyl (C=O) groups excluding carboxylic acids is 1. The molecule has 0 spiro atoms. The number of oxazole rings is 1. The molecule has 0 unspecified atom stereocenters. The van der Waals surface area contributed by atoms with E-state index < -0.39 is 15.9 Å². The Balaban J connectivity index is 2.00. The molecule has 0 atom stereocenters. The predicted octanol–water partition coefficient (Wildman–Crippen LogP) is 2.44. The topological polar surface area (TPSA) is 127 Å². The van der Waals surface area contributed by atoms with Crippen molar-refractivity contribution in [2.75, 3.05) is 7.05 Å². The van der Waals surface area contributed by atoms with Crippen LogP contribution in [0.15, 0.2) is 63.9 Å². The van der Waals surface area contributed by atoms with E-state index in [4.69, 9.17) is 9.56 Å². The summed E-state index contributed by atoms with van der Waals surface area (Å²) in [6.07, 6.45) is 0.240. The zero-order valence-electron chi connectivity index (χ0n) is 15.1. The zero-order valence-corrected chi connectivity index (χ0v) is 15.9. The molecule has 3 rings (SSSR count). The molecule has 3 N–H and O–H groups in total. The number of carbonyl (C=O) groups is 1. The molecular formula is C19H19N3O5S. The summed E-state index contributed by atoms with van der Waals surface area (Å²) in [5.74, 6) is 0.324. The summed E-state index contributed by atoms with van der Waals surface area (Å²) < 4.78 is 28.8. The van der Waals surface area contributed by atoms with Gasteiger partial charge in [-0.1, -0.05) is 30.3 Å². The molecule has 0 radical (unpaired) electrons. The van der Waals surface area contributed by atoms with Gasteiger partial charge in [-0.3, -0.25) is 10.0 Å². The Bertz CT molecular complexity index is 1070. The molecule has 0 bridgehead atoms. The molecule has 2 aromatic carbocycles. The molecule has 8 nitrogen and oxygen atoms in total. The highest BCUT2D eigenvalue weighted by Crippen LogP contribution is 2.33. The van der Waals surface area contributed by atoms with Gasteiger partial charge < -0.3 is 4.42 Å². The second-order valence-electron chi connectivity index (χ2n) is 6.14. The molecule has 1 amide bonds. The van der Waals surface area contributed by atoms with Crippen LogP contribution in [-0.4, -0.2) is 36.6 Å². The maximum absolute atomic E-state index is 11.6. The first-order valence-electron chi connectivity index (χ1n) is 8.39. The molecular weight excluding hydrogens is 382 g/mol. The van der Waals surface area contributed by atoms with Crippen molar-refractivity contribution in [2.24, 2.45) is 5.14 Å². The van der Waals surface area contributed by atoms with Gasteiger partial charge in [-0.2, -0.15) is 0 Å². The van der Waals surface area contributed by atoms with Crippen LogP contribution in [0.25, 0.3) is 22.6 Å². The van der Waals surface area contributed by atoms with Gasteiger partial charge in [0.2, 0.25) is 15.9 Å². The molecule has 0 saturated heterocycles. The summed E-state index contributed by atoms with van der Waals surface area (Å²) in [5, 5.41) is 14.8. The van der Waals surface area contributed by atoms with Crippen LogP contribution >= 0.6 is 0 Å². The first-order valence-corrected chi connectivity index (χ1v) is 9.94. The highest BCUT2D eigenvalue weighted by molar-refractivity contribution is 7.89. The number of hydrogen-bond acceptors (Lipinski definition) is 6. The Hall–Kier alpha value is -3.01. The quantitative estimate of drug-likeness (QED) is 0.482. The lowest BCUT2D eigenvalue weighted by Gasteiger charge is -2.06. The fourth-order valence-electron chi connectivity index (χ4n) is 2.63. The van der Waals surface area contributed by atoms with E-state index >= 15 is 0 Å². The Morgan fingerprint density at radius 1 is 1.11 bits per heavy atom. The second-order valence-corrected chi connectivity index (χ2v) is 7.70. The lowest BCUT2D eigenvalue weighted by molar-refractivity contribution is -0.159. The largest absolute Gasteiger partial charge is 0.440 e. The minimum absolute atomic E-state index is 0.00571. The monoisotopic (exact) mass is 401 g/mol. The highest BCUT2D eigenvalue weighted by Gasteiger charge is 2.19. The number of primary sulfonamides is 1. The van der Waals surface area contributed by atoms with Crippen molar-refractivity contribution in [3.8, 4) is 22.6 Å². The van der Waals surface area contributed by atoms with Gasteiger partial charge >= 0.3 is 0 Å². The van der Waals surface area contributed by atoms with Crippen LogP contribution < -0.4 is 5.14 Å². The molecule has 0 saturated carbocycles. The molecule has 146 valence electrons. The molecule has 0 fully saturated rings. The minimum Gasteiger partial charge on any atom is -0.440 e. The third-order valence-corrected chi connectivity index (χ3v) is 5.01. The third kappa shape index (κ3) is 4.45. The smallest absolute Gasteiger partial charge is 0.246 e. The van der Waals surface area contributed by atoms with Crippen LogP contribution in [0.2, 0.25) is 0 Å². The van der Waals surface area contributed by atoms with Crippen LogP contribution in [-0.2, 0) is 21.2 Å². The second kappa shape index (κ2) is 7.93. The summed E-state index contributed by atoms with van der Waals surface area (Å²) in [4.78, 5) is 16.1. The van der Waals surface area contributed by atoms with Gasteiger partial charge in [0.15, 0.2) is 11.7 Å². The fourth-order valence-corrected chi connectivity index (χ4v) is 3.15. The van der Waals surface area contributed by atoms with E-state index in [1.807, 2.05) is 30.3 Å².